The lowest BCUT2D eigenvalue weighted by molar-refractivity contribution is 0.168. The van der Waals surface area contributed by atoms with Crippen molar-refractivity contribution in [2.24, 2.45) is 0 Å². The Labute approximate surface area is 109 Å². The first kappa shape index (κ1) is 13.0. The Hall–Kier alpha value is -1.46. The van der Waals surface area contributed by atoms with E-state index in [0.29, 0.717) is 5.75 Å². The quantitative estimate of drug-likeness (QED) is 0.926. The molecule has 0 aliphatic carbocycles. The van der Waals surface area contributed by atoms with Gasteiger partial charge in [0, 0.05) is 11.8 Å². The van der Waals surface area contributed by atoms with E-state index in [-0.39, 0.29) is 12.0 Å². The van der Waals surface area contributed by atoms with Gasteiger partial charge < -0.3 is 9.84 Å². The predicted octanol–water partition coefficient (Wildman–Crippen LogP) is 2.88. The minimum atomic E-state index is -0.956. The highest BCUT2D eigenvalue weighted by molar-refractivity contribution is 7.09. The summed E-state index contributed by atoms with van der Waals surface area (Å²) in [7, 11) is 1.46. The number of hydrogen-bond acceptors (Lipinski definition) is 4. The highest BCUT2D eigenvalue weighted by Gasteiger charge is 2.19. The number of methoxy groups -OCH3 is 1. The third kappa shape index (κ3) is 2.68. The van der Waals surface area contributed by atoms with Gasteiger partial charge in [-0.25, -0.2) is 9.37 Å². The fourth-order valence-electron chi connectivity index (χ4n) is 1.82. The van der Waals surface area contributed by atoms with Crippen LogP contribution in [0.1, 0.15) is 22.4 Å². The molecule has 1 heterocycles. The molecule has 0 saturated heterocycles. The maximum atomic E-state index is 13.7. The molecule has 0 amide bonds. The molecule has 1 aromatic carbocycles. The summed E-state index contributed by atoms with van der Waals surface area (Å²) in [6.45, 7) is 1.89. The first-order chi connectivity index (χ1) is 8.61. The van der Waals surface area contributed by atoms with Crippen LogP contribution in [0.25, 0.3) is 0 Å². The lowest BCUT2D eigenvalue weighted by Crippen LogP contribution is -2.07. The second kappa shape index (κ2) is 5.46. The zero-order chi connectivity index (χ0) is 13.1. The predicted molar refractivity (Wildman–Crippen MR) is 68.5 cm³/mol. The van der Waals surface area contributed by atoms with Crippen LogP contribution in [0.5, 0.6) is 5.75 Å². The van der Waals surface area contributed by atoms with Crippen molar-refractivity contribution >= 4 is 11.3 Å². The minimum Gasteiger partial charge on any atom is -0.496 e. The normalized spacial score (nSPS) is 12.4. The zero-order valence-electron chi connectivity index (χ0n) is 10.2. The third-order valence-electron chi connectivity index (χ3n) is 2.64. The second-order valence-corrected chi connectivity index (χ2v) is 5.00. The van der Waals surface area contributed by atoms with Gasteiger partial charge in [0.1, 0.15) is 11.6 Å². The van der Waals surface area contributed by atoms with Crippen LogP contribution in [0, 0.1) is 12.7 Å². The Morgan fingerprint density at radius 2 is 2.28 bits per heavy atom. The Morgan fingerprint density at radius 1 is 1.50 bits per heavy atom. The molecule has 0 spiro atoms. The fourth-order valence-corrected chi connectivity index (χ4v) is 2.45. The monoisotopic (exact) mass is 267 g/mol. The molecule has 0 aliphatic rings. The SMILES string of the molecule is COc1cccc(F)c1C(O)Cc1csc(C)n1. The van der Waals surface area contributed by atoms with Crippen LogP contribution in [-0.4, -0.2) is 17.2 Å². The number of aliphatic hydroxyl groups excluding tert-OH is 1. The summed E-state index contributed by atoms with van der Waals surface area (Å²) in [6, 6.07) is 4.50. The van der Waals surface area contributed by atoms with Crippen LogP contribution in [0.4, 0.5) is 4.39 Å². The zero-order valence-corrected chi connectivity index (χ0v) is 11.0. The first-order valence-electron chi connectivity index (χ1n) is 5.53. The van der Waals surface area contributed by atoms with Crippen LogP contribution in [-0.2, 0) is 6.42 Å². The molecule has 0 bridgehead atoms. The van der Waals surface area contributed by atoms with E-state index in [4.69, 9.17) is 4.74 Å². The van der Waals surface area contributed by atoms with E-state index in [1.165, 1.54) is 24.5 Å². The Bertz CT molecular complexity index is 542. The van der Waals surface area contributed by atoms with Gasteiger partial charge in [0.15, 0.2) is 0 Å². The van der Waals surface area contributed by atoms with E-state index in [2.05, 4.69) is 4.98 Å². The molecule has 1 aromatic heterocycles. The number of aryl methyl sites for hydroxylation is 1. The molecule has 3 nitrogen and oxygen atoms in total. The van der Waals surface area contributed by atoms with Crippen LogP contribution in [0.3, 0.4) is 0 Å². The summed E-state index contributed by atoms with van der Waals surface area (Å²) in [5, 5.41) is 12.9. The van der Waals surface area contributed by atoms with Gasteiger partial charge in [0.2, 0.25) is 0 Å². The van der Waals surface area contributed by atoms with E-state index in [0.717, 1.165) is 10.7 Å². The van der Waals surface area contributed by atoms with Gasteiger partial charge in [0.05, 0.1) is 29.5 Å². The van der Waals surface area contributed by atoms with E-state index in [1.807, 2.05) is 12.3 Å². The van der Waals surface area contributed by atoms with Gasteiger partial charge in [-0.1, -0.05) is 6.07 Å². The number of aromatic nitrogens is 1. The summed E-state index contributed by atoms with van der Waals surface area (Å²) in [5.74, 6) is -0.108. The third-order valence-corrected chi connectivity index (χ3v) is 3.46. The van der Waals surface area contributed by atoms with Crippen molar-refractivity contribution in [2.45, 2.75) is 19.4 Å². The smallest absolute Gasteiger partial charge is 0.132 e. The van der Waals surface area contributed by atoms with E-state index in [9.17, 15) is 9.50 Å². The van der Waals surface area contributed by atoms with Gasteiger partial charge in [-0.15, -0.1) is 11.3 Å². The maximum Gasteiger partial charge on any atom is 0.132 e. The number of ether oxygens (including phenoxy) is 1. The van der Waals surface area contributed by atoms with Crippen LogP contribution in [0.15, 0.2) is 23.6 Å². The molecular weight excluding hydrogens is 253 g/mol. The van der Waals surface area contributed by atoms with Crippen molar-refractivity contribution in [1.29, 1.82) is 0 Å². The number of thiazole rings is 1. The molecule has 2 aromatic rings. The molecule has 0 fully saturated rings. The van der Waals surface area contributed by atoms with Crippen LogP contribution < -0.4 is 4.74 Å². The summed E-state index contributed by atoms with van der Waals surface area (Å²) in [4.78, 5) is 4.26. The Morgan fingerprint density at radius 3 is 2.89 bits per heavy atom. The lowest BCUT2D eigenvalue weighted by atomic mass is 10.0. The molecule has 18 heavy (non-hydrogen) atoms. The van der Waals surface area contributed by atoms with Crippen LogP contribution >= 0.6 is 11.3 Å². The molecule has 0 aliphatic heterocycles. The van der Waals surface area contributed by atoms with E-state index in [1.54, 1.807) is 12.1 Å². The van der Waals surface area contributed by atoms with E-state index >= 15 is 0 Å². The number of hydrogen-bond donors (Lipinski definition) is 1. The highest BCUT2D eigenvalue weighted by atomic mass is 32.1. The highest BCUT2D eigenvalue weighted by Crippen LogP contribution is 2.30. The number of aliphatic hydroxyl groups is 1. The average molecular weight is 267 g/mol. The standard InChI is InChI=1S/C13H14FNO2S/c1-8-15-9(7-18-8)6-11(16)13-10(14)4-3-5-12(13)17-2/h3-5,7,11,16H,6H2,1-2H3. The second-order valence-electron chi connectivity index (χ2n) is 3.93. The molecule has 96 valence electrons. The largest absolute Gasteiger partial charge is 0.496 e. The molecule has 1 N–H and O–H groups in total. The minimum absolute atomic E-state index is 0.186. The molecule has 1 unspecified atom stereocenters. The van der Waals surface area contributed by atoms with Crippen molar-refractivity contribution in [3.05, 3.63) is 45.7 Å². The first-order valence-corrected chi connectivity index (χ1v) is 6.41. The van der Waals surface area contributed by atoms with Crippen molar-refractivity contribution < 1.29 is 14.2 Å². The summed E-state index contributed by atoms with van der Waals surface area (Å²) in [6.07, 6.45) is -0.676. The molecular formula is C13H14FNO2S. The van der Waals surface area contributed by atoms with Gasteiger partial charge in [0.25, 0.3) is 0 Å². The van der Waals surface area contributed by atoms with Gasteiger partial charge in [-0.2, -0.15) is 0 Å². The number of rotatable bonds is 4. The lowest BCUT2D eigenvalue weighted by Gasteiger charge is -2.14. The Kier molecular flexibility index (Phi) is 3.93. The van der Waals surface area contributed by atoms with Crippen LogP contribution in [0.2, 0.25) is 0 Å². The van der Waals surface area contributed by atoms with Gasteiger partial charge in [-0.3, -0.25) is 0 Å². The van der Waals surface area contributed by atoms with Crippen molar-refractivity contribution in [3.8, 4) is 5.75 Å². The molecule has 0 radical (unpaired) electrons. The number of halogens is 1. The topological polar surface area (TPSA) is 42.4 Å². The molecule has 2 rings (SSSR count). The fraction of sp³-hybridized carbons (Fsp3) is 0.308. The van der Waals surface area contributed by atoms with Gasteiger partial charge in [-0.05, 0) is 19.1 Å². The van der Waals surface area contributed by atoms with Crippen molar-refractivity contribution in [2.75, 3.05) is 7.11 Å². The van der Waals surface area contributed by atoms with Gasteiger partial charge >= 0.3 is 0 Å². The molecule has 1 atom stereocenters. The summed E-state index contributed by atoms with van der Waals surface area (Å²) < 4.78 is 18.8. The van der Waals surface area contributed by atoms with Crippen molar-refractivity contribution in [1.82, 2.24) is 4.98 Å². The van der Waals surface area contributed by atoms with E-state index < -0.39 is 11.9 Å². The number of benzene rings is 1. The molecule has 5 heteroatoms. The number of nitrogens with zero attached hydrogens (tertiary/aromatic N) is 1. The summed E-state index contributed by atoms with van der Waals surface area (Å²) in [5.41, 5.74) is 0.945. The van der Waals surface area contributed by atoms with Crippen molar-refractivity contribution in [3.63, 3.8) is 0 Å². The maximum absolute atomic E-state index is 13.7. The Balaban J connectivity index is 2.25. The molecule has 0 saturated carbocycles. The average Bonchev–Trinajstić information content (AvgIpc) is 2.74. The summed E-state index contributed by atoms with van der Waals surface area (Å²) >= 11 is 1.51.